The summed E-state index contributed by atoms with van der Waals surface area (Å²) in [5.41, 5.74) is 1.07. The van der Waals surface area contributed by atoms with E-state index in [0.29, 0.717) is 5.19 Å². The van der Waals surface area contributed by atoms with Gasteiger partial charge in [-0.05, 0) is 30.7 Å². The molecule has 0 spiro atoms. The third kappa shape index (κ3) is 2.59. The quantitative estimate of drug-likeness (QED) is 0.860. The molecule has 0 fully saturated rings. The van der Waals surface area contributed by atoms with Gasteiger partial charge >= 0.3 is 0 Å². The van der Waals surface area contributed by atoms with Crippen LogP contribution >= 0.6 is 27.5 Å². The van der Waals surface area contributed by atoms with Crippen LogP contribution in [0.3, 0.4) is 0 Å². The van der Waals surface area contributed by atoms with Crippen molar-refractivity contribution in [1.82, 2.24) is 9.36 Å². The first-order valence-electron chi connectivity index (χ1n) is 4.95. The minimum Gasteiger partial charge on any atom is -0.430 e. The average molecular weight is 299 g/mol. The molecule has 1 aromatic heterocycles. The number of benzene rings is 1. The van der Waals surface area contributed by atoms with Crippen molar-refractivity contribution < 1.29 is 4.74 Å². The molecule has 0 amide bonds. The Hall–Kier alpha value is -0.940. The van der Waals surface area contributed by atoms with Crippen molar-refractivity contribution in [2.75, 3.05) is 0 Å². The van der Waals surface area contributed by atoms with E-state index in [1.54, 1.807) is 0 Å². The SMILES string of the molecule is CCc1nsc(Oc2ccc(Br)cc2C)n1. The Bertz CT molecular complexity index is 498. The molecule has 2 rings (SSSR count). The lowest BCUT2D eigenvalue weighted by Gasteiger charge is -2.04. The van der Waals surface area contributed by atoms with Gasteiger partial charge in [0.15, 0.2) is 0 Å². The summed E-state index contributed by atoms with van der Waals surface area (Å²) in [5, 5.41) is 0.599. The van der Waals surface area contributed by atoms with Crippen LogP contribution in [-0.4, -0.2) is 9.36 Å². The number of hydrogen-bond donors (Lipinski definition) is 0. The molecule has 2 aromatic rings. The highest BCUT2D eigenvalue weighted by molar-refractivity contribution is 9.10. The number of hydrogen-bond acceptors (Lipinski definition) is 4. The molecule has 0 bridgehead atoms. The van der Waals surface area contributed by atoms with Crippen molar-refractivity contribution in [1.29, 1.82) is 0 Å². The zero-order valence-corrected chi connectivity index (χ0v) is 11.4. The van der Waals surface area contributed by atoms with Gasteiger partial charge in [0, 0.05) is 22.4 Å². The lowest BCUT2D eigenvalue weighted by atomic mass is 10.2. The molecule has 0 N–H and O–H groups in total. The molecule has 0 saturated heterocycles. The summed E-state index contributed by atoms with van der Waals surface area (Å²) in [4.78, 5) is 4.26. The molecule has 0 aliphatic heterocycles. The van der Waals surface area contributed by atoms with Gasteiger partial charge in [0.25, 0.3) is 5.19 Å². The molecule has 3 nitrogen and oxygen atoms in total. The van der Waals surface area contributed by atoms with E-state index in [4.69, 9.17) is 4.74 Å². The summed E-state index contributed by atoms with van der Waals surface area (Å²) in [7, 11) is 0. The van der Waals surface area contributed by atoms with Crippen LogP contribution in [0.5, 0.6) is 10.9 Å². The van der Waals surface area contributed by atoms with Crippen LogP contribution in [0.1, 0.15) is 18.3 Å². The Kier molecular flexibility index (Phi) is 3.56. The fraction of sp³-hybridized carbons (Fsp3) is 0.273. The molecule has 0 radical (unpaired) electrons. The maximum absolute atomic E-state index is 5.67. The molecular formula is C11H11BrN2OS. The van der Waals surface area contributed by atoms with Crippen LogP contribution in [0.4, 0.5) is 0 Å². The van der Waals surface area contributed by atoms with Crippen molar-refractivity contribution in [3.63, 3.8) is 0 Å². The number of halogens is 1. The third-order valence-corrected chi connectivity index (χ3v) is 3.23. The number of aryl methyl sites for hydroxylation is 2. The molecule has 0 atom stereocenters. The highest BCUT2D eigenvalue weighted by Crippen LogP contribution is 2.28. The zero-order chi connectivity index (χ0) is 11.5. The Morgan fingerprint density at radius 3 is 2.88 bits per heavy atom. The Balaban J connectivity index is 2.20. The fourth-order valence-corrected chi connectivity index (χ4v) is 2.35. The number of nitrogens with zero attached hydrogens (tertiary/aromatic N) is 2. The topological polar surface area (TPSA) is 35.0 Å². The van der Waals surface area contributed by atoms with Crippen molar-refractivity contribution in [2.45, 2.75) is 20.3 Å². The number of ether oxygens (including phenoxy) is 1. The summed E-state index contributed by atoms with van der Waals surface area (Å²) >= 11 is 4.70. The summed E-state index contributed by atoms with van der Waals surface area (Å²) in [5.74, 6) is 1.65. The number of rotatable bonds is 3. The first-order valence-corrected chi connectivity index (χ1v) is 6.52. The van der Waals surface area contributed by atoms with Crippen molar-refractivity contribution in [2.24, 2.45) is 0 Å². The van der Waals surface area contributed by atoms with E-state index in [0.717, 1.165) is 28.0 Å². The van der Waals surface area contributed by atoms with E-state index in [-0.39, 0.29) is 0 Å². The standard InChI is InChI=1S/C11H11BrN2OS/c1-3-10-13-11(16-14-10)15-9-5-4-8(12)6-7(9)2/h4-6H,3H2,1-2H3. The fourth-order valence-electron chi connectivity index (χ4n) is 1.24. The van der Waals surface area contributed by atoms with Crippen LogP contribution in [0.25, 0.3) is 0 Å². The summed E-state index contributed by atoms with van der Waals surface area (Å²) in [6.07, 6.45) is 0.833. The first kappa shape index (κ1) is 11.5. The second-order valence-corrected chi connectivity index (χ2v) is 4.97. The second-order valence-electron chi connectivity index (χ2n) is 3.34. The molecular weight excluding hydrogens is 288 g/mol. The van der Waals surface area contributed by atoms with Gasteiger partial charge in [-0.15, -0.1) is 0 Å². The predicted octanol–water partition coefficient (Wildman–Crippen LogP) is 3.96. The van der Waals surface area contributed by atoms with E-state index in [1.165, 1.54) is 11.5 Å². The van der Waals surface area contributed by atoms with Gasteiger partial charge in [-0.3, -0.25) is 0 Å². The summed E-state index contributed by atoms with van der Waals surface area (Å²) in [6, 6.07) is 5.88. The Labute approximate surface area is 107 Å². The molecule has 0 saturated carbocycles. The molecule has 0 unspecified atom stereocenters. The van der Waals surface area contributed by atoms with E-state index in [9.17, 15) is 0 Å². The first-order chi connectivity index (χ1) is 7.69. The van der Waals surface area contributed by atoms with Gasteiger partial charge < -0.3 is 4.74 Å². The molecule has 1 heterocycles. The lowest BCUT2D eigenvalue weighted by molar-refractivity contribution is 0.473. The smallest absolute Gasteiger partial charge is 0.298 e. The van der Waals surface area contributed by atoms with Crippen molar-refractivity contribution in [3.8, 4) is 10.9 Å². The summed E-state index contributed by atoms with van der Waals surface area (Å²) < 4.78 is 10.9. The maximum atomic E-state index is 5.67. The van der Waals surface area contributed by atoms with Crippen molar-refractivity contribution >= 4 is 27.5 Å². The highest BCUT2D eigenvalue weighted by atomic mass is 79.9. The van der Waals surface area contributed by atoms with Crippen LogP contribution in [0, 0.1) is 6.92 Å². The largest absolute Gasteiger partial charge is 0.430 e. The molecule has 1 aromatic carbocycles. The van der Waals surface area contributed by atoms with Crippen LogP contribution in [-0.2, 0) is 6.42 Å². The normalized spacial score (nSPS) is 10.4. The Morgan fingerprint density at radius 2 is 2.25 bits per heavy atom. The maximum Gasteiger partial charge on any atom is 0.298 e. The van der Waals surface area contributed by atoms with Gasteiger partial charge in [-0.1, -0.05) is 22.9 Å². The zero-order valence-electron chi connectivity index (χ0n) is 9.03. The number of aromatic nitrogens is 2. The molecule has 16 heavy (non-hydrogen) atoms. The average Bonchev–Trinajstić information content (AvgIpc) is 2.70. The van der Waals surface area contributed by atoms with E-state index in [1.807, 2.05) is 32.0 Å². The minimum absolute atomic E-state index is 0.599. The minimum atomic E-state index is 0.599. The molecule has 5 heteroatoms. The monoisotopic (exact) mass is 298 g/mol. The van der Waals surface area contributed by atoms with Crippen LogP contribution in [0.15, 0.2) is 22.7 Å². The highest BCUT2D eigenvalue weighted by Gasteiger charge is 2.06. The lowest BCUT2D eigenvalue weighted by Crippen LogP contribution is -1.88. The molecule has 0 aliphatic rings. The Morgan fingerprint density at radius 1 is 1.44 bits per heavy atom. The van der Waals surface area contributed by atoms with Gasteiger partial charge in [0.1, 0.15) is 11.6 Å². The van der Waals surface area contributed by atoms with Gasteiger partial charge in [-0.2, -0.15) is 9.36 Å². The van der Waals surface area contributed by atoms with E-state index >= 15 is 0 Å². The molecule has 84 valence electrons. The third-order valence-electron chi connectivity index (χ3n) is 2.10. The van der Waals surface area contributed by atoms with E-state index < -0.39 is 0 Å². The van der Waals surface area contributed by atoms with E-state index in [2.05, 4.69) is 25.3 Å². The van der Waals surface area contributed by atoms with Crippen LogP contribution in [0.2, 0.25) is 0 Å². The van der Waals surface area contributed by atoms with Crippen LogP contribution < -0.4 is 4.74 Å². The van der Waals surface area contributed by atoms with Gasteiger partial charge in [0.05, 0.1) is 0 Å². The van der Waals surface area contributed by atoms with Crippen molar-refractivity contribution in [3.05, 3.63) is 34.1 Å². The second kappa shape index (κ2) is 4.93. The van der Waals surface area contributed by atoms with Gasteiger partial charge in [0.2, 0.25) is 0 Å². The molecule has 0 aliphatic carbocycles. The predicted molar refractivity (Wildman–Crippen MR) is 68.2 cm³/mol. The van der Waals surface area contributed by atoms with Gasteiger partial charge in [-0.25, -0.2) is 0 Å². The summed E-state index contributed by atoms with van der Waals surface area (Å²) in [6.45, 7) is 4.03.